The van der Waals surface area contributed by atoms with Gasteiger partial charge in [0.15, 0.2) is 0 Å². The summed E-state index contributed by atoms with van der Waals surface area (Å²) in [5.74, 6) is -5.36. The summed E-state index contributed by atoms with van der Waals surface area (Å²) in [7, 11) is -7.22. The number of carboxylic acid groups (broad SMARTS) is 1. The molecule has 2 saturated heterocycles. The summed E-state index contributed by atoms with van der Waals surface area (Å²) < 4.78 is 88.6. The molecule has 6 fully saturated rings. The van der Waals surface area contributed by atoms with Crippen molar-refractivity contribution in [2.75, 3.05) is 23.7 Å². The lowest BCUT2D eigenvalue weighted by Crippen LogP contribution is -2.58. The first kappa shape index (κ1) is 81.5. The normalized spacial score (nSPS) is 28.1. The lowest BCUT2D eigenvalue weighted by atomic mass is 9.87. The molecule has 0 unspecified atom stereocenters. The largest absolute Gasteiger partial charge is 0.479 e. The monoisotopic (exact) mass is 1570 g/mol. The molecule has 111 heavy (non-hydrogen) atoms. The molecule has 7 amide bonds. The zero-order valence-electron chi connectivity index (χ0n) is 64.6. The van der Waals surface area contributed by atoms with Crippen molar-refractivity contribution in [1.29, 1.82) is 0 Å². The molecule has 6 heterocycles. The Bertz CT molecular complexity index is 4580. The number of primary sulfonamides is 1. The number of carbonyl (C=O) groups is 8. The SMILES string of the molecule is CC(C)(C)c1cccc(N[C@H]2CCCCC/C=C\[C@@H]3C[C@@]3(C(=O)NS(=O)(=O)C3(C)CC3)NC(=O)[C@@H]3C[C@@H](OC(=O)N4Cc5cccc(F)c5C4)CN3C2=O)c1.CC(C)(C)c1cccc(N[C@H]2CCCCC/C=C\[C@@H]3C[C@@]3(C(=O)O)NC(=O)[C@@H]3C[C@@H](OC(=O)N4Cc5cccc(F)c5C4)CN3C2=O)c1.CC1(S(N)(=O)=O)CC1. The summed E-state index contributed by atoms with van der Waals surface area (Å²) in [6.45, 7) is 16.3. The fourth-order valence-electron chi connectivity index (χ4n) is 15.6. The summed E-state index contributed by atoms with van der Waals surface area (Å²) in [4.78, 5) is 116. The first-order valence-electron chi connectivity index (χ1n) is 38.9. The van der Waals surface area contributed by atoms with E-state index in [2.05, 4.69) is 67.5 Å². The summed E-state index contributed by atoms with van der Waals surface area (Å²) in [6, 6.07) is 21.7. The minimum absolute atomic E-state index is 0.0148. The maximum absolute atomic E-state index is 14.7. The molecule has 4 aliphatic carbocycles. The zero-order chi connectivity index (χ0) is 80.0. The van der Waals surface area contributed by atoms with Crippen molar-refractivity contribution in [2.45, 2.75) is 265 Å². The number of hydrogen-bond donors (Lipinski definition) is 7. The predicted octanol–water partition coefficient (Wildman–Crippen LogP) is 10.8. The number of anilines is 2. The number of rotatable bonds is 11. The molecule has 0 bridgehead atoms. The van der Waals surface area contributed by atoms with E-state index in [1.807, 2.05) is 72.8 Å². The molecule has 0 radical (unpaired) electrons. The van der Waals surface area contributed by atoms with E-state index >= 15 is 0 Å². The molecule has 4 aromatic carbocycles. The molecule has 0 aromatic heterocycles. The Hall–Kier alpha value is -8.96. The number of sulfonamides is 2. The standard InChI is InChI=1S/C41H52FN5O7S.C37H45FN4O6.C4H9NO2S/c1-39(2,3)27-14-11-15-29(20-27)43-33-17-9-7-5-6-8-13-28-22-41(28,37(50)45-55(52,53)40(4)18-19-40)44-35(48)34-21-30(24-47(34)36(33)49)54-38(51)46-23-26-12-10-16-32(42)31(26)25-46;1-36(2,3)24-13-10-14-26(17-24)39-30-16-8-6-4-5-7-12-25-19-37(25,34(45)46)40-32(43)31-18-27(21-42(31)33(30)44)48-35(47)41-20-23-11-9-15-29(38)28(23)22-41;1-4(2-3-4)8(5,6)7/h8,10-16,20,28,30,33-34,43H,5-7,9,17-19,21-25H2,1-4H3,(H,44,48)(H,45,50);7,9-15,17,25,27,30-31,39H,4-6,8,16,18-22H2,1-3H3,(H,40,43)(H,45,46);2-3H2,1H3,(H2,5,6,7)/b13-8-;12-7-;/t28-,30-,33+,34+,41-;25-,27-,30+,31+,37-;/m11./s1. The van der Waals surface area contributed by atoms with Crippen LogP contribution in [0.25, 0.3) is 0 Å². The highest BCUT2D eigenvalue weighted by molar-refractivity contribution is 7.91. The number of hydrogen-bond acceptors (Lipinski definition) is 16. The second-order valence-corrected chi connectivity index (χ2v) is 38.6. The van der Waals surface area contributed by atoms with Crippen LogP contribution in [0.5, 0.6) is 0 Å². The number of amides is 7. The number of nitrogens with two attached hydrogens (primary N) is 1. The van der Waals surface area contributed by atoms with Gasteiger partial charge >= 0.3 is 18.2 Å². The zero-order valence-corrected chi connectivity index (χ0v) is 66.2. The first-order valence-corrected chi connectivity index (χ1v) is 41.9. The highest BCUT2D eigenvalue weighted by Crippen LogP contribution is 2.49. The van der Waals surface area contributed by atoms with E-state index in [0.717, 1.165) is 86.7 Å². The topological polar surface area (TPSA) is 343 Å². The Kier molecular flexibility index (Phi) is 23.4. The number of fused-ring (bicyclic) bond motifs is 6. The number of aliphatic carboxylic acids is 1. The van der Waals surface area contributed by atoms with E-state index in [9.17, 15) is 69.1 Å². The molecule has 29 heteroatoms. The summed E-state index contributed by atoms with van der Waals surface area (Å²) in [5, 5.41) is 27.5. The van der Waals surface area contributed by atoms with Crippen LogP contribution in [0.3, 0.4) is 0 Å². The molecule has 25 nitrogen and oxygen atoms in total. The van der Waals surface area contributed by atoms with Crippen molar-refractivity contribution in [3.8, 4) is 0 Å². The van der Waals surface area contributed by atoms with Crippen LogP contribution in [-0.2, 0) is 95.3 Å². The van der Waals surface area contributed by atoms with Gasteiger partial charge < -0.3 is 45.6 Å². The average molecular weight is 1570 g/mol. The van der Waals surface area contributed by atoms with Gasteiger partial charge in [-0.3, -0.25) is 38.5 Å². The molecule has 10 aliphatic rings. The fraction of sp³-hybridized carbons (Fsp3) is 0.561. The number of allylic oxidation sites excluding steroid dienone is 2. The van der Waals surface area contributed by atoms with E-state index in [0.29, 0.717) is 47.9 Å². The number of nitrogens with one attached hydrogen (secondary N) is 5. The van der Waals surface area contributed by atoms with E-state index in [1.165, 1.54) is 31.7 Å². The van der Waals surface area contributed by atoms with Gasteiger partial charge in [-0.25, -0.2) is 45.1 Å². The Morgan fingerprint density at radius 2 is 0.982 bits per heavy atom. The van der Waals surface area contributed by atoms with Gasteiger partial charge in [-0.1, -0.05) is 140 Å². The average Bonchev–Trinajstić information content (AvgIpc) is 1.57. The van der Waals surface area contributed by atoms with Crippen molar-refractivity contribution in [2.24, 2.45) is 17.0 Å². The van der Waals surface area contributed by atoms with Crippen molar-refractivity contribution < 1.29 is 78.6 Å². The van der Waals surface area contributed by atoms with Gasteiger partial charge in [-0.15, -0.1) is 0 Å². The smallest absolute Gasteiger partial charge is 0.410 e. The number of benzene rings is 4. The first-order chi connectivity index (χ1) is 52.3. The van der Waals surface area contributed by atoms with Gasteiger partial charge in [-0.2, -0.15) is 0 Å². The number of halogens is 2. The Labute approximate surface area is 649 Å². The Morgan fingerprint density at radius 1 is 0.568 bits per heavy atom. The van der Waals surface area contributed by atoms with Gasteiger partial charge in [0, 0.05) is 60.3 Å². The number of carboxylic acids is 1. The second kappa shape index (κ2) is 31.9. The summed E-state index contributed by atoms with van der Waals surface area (Å²) >= 11 is 0. The lowest BCUT2D eigenvalue weighted by Gasteiger charge is -2.30. The van der Waals surface area contributed by atoms with E-state index in [4.69, 9.17) is 14.6 Å². The van der Waals surface area contributed by atoms with E-state index < -0.39 is 125 Å². The molecule has 4 saturated carbocycles. The van der Waals surface area contributed by atoms with Crippen LogP contribution in [0.4, 0.5) is 29.7 Å². The van der Waals surface area contributed by atoms with Crippen LogP contribution in [0.15, 0.2) is 109 Å². The molecular formula is C82H106F2N10O15S2. The number of carbonyl (C=O) groups excluding carboxylic acids is 7. The van der Waals surface area contributed by atoms with Crippen LogP contribution in [-0.4, -0.2) is 159 Å². The second-order valence-electron chi connectivity index (χ2n) is 34.4. The lowest BCUT2D eigenvalue weighted by molar-refractivity contribution is -0.145. The Balaban J connectivity index is 0.000000188. The Morgan fingerprint density at radius 3 is 1.38 bits per heavy atom. The third kappa shape index (κ3) is 18.4. The van der Waals surface area contributed by atoms with Gasteiger partial charge in [0.05, 0.1) is 35.7 Å². The van der Waals surface area contributed by atoms with Gasteiger partial charge in [0.2, 0.25) is 43.7 Å². The summed E-state index contributed by atoms with van der Waals surface area (Å²) in [6.07, 6.45) is 14.9. The molecule has 10 atom stereocenters. The maximum atomic E-state index is 14.7. The molecule has 0 spiro atoms. The fourth-order valence-corrected chi connectivity index (χ4v) is 17.5. The van der Waals surface area contributed by atoms with Crippen LogP contribution >= 0.6 is 0 Å². The van der Waals surface area contributed by atoms with Gasteiger partial charge in [-0.05, 0) is 160 Å². The van der Waals surface area contributed by atoms with Crippen LogP contribution in [0.2, 0.25) is 0 Å². The van der Waals surface area contributed by atoms with Crippen molar-refractivity contribution in [1.82, 2.24) is 35.0 Å². The highest BCUT2D eigenvalue weighted by Gasteiger charge is 2.64. The highest BCUT2D eigenvalue weighted by atomic mass is 32.2. The third-order valence-electron chi connectivity index (χ3n) is 23.8. The van der Waals surface area contributed by atoms with Crippen LogP contribution in [0.1, 0.15) is 204 Å². The van der Waals surface area contributed by atoms with Crippen molar-refractivity contribution in [3.05, 3.63) is 154 Å². The predicted molar refractivity (Wildman–Crippen MR) is 413 cm³/mol. The number of nitrogens with zero attached hydrogens (tertiary/aromatic N) is 4. The molecule has 600 valence electrons. The van der Waals surface area contributed by atoms with E-state index in [1.54, 1.807) is 38.1 Å². The quantitative estimate of drug-likeness (QED) is 0.0686. The van der Waals surface area contributed by atoms with Crippen molar-refractivity contribution in [3.63, 3.8) is 0 Å². The molecule has 6 aliphatic heterocycles. The molecule has 14 rings (SSSR count). The maximum Gasteiger partial charge on any atom is 0.410 e. The van der Waals surface area contributed by atoms with Crippen molar-refractivity contribution >= 4 is 79.1 Å². The molecule has 8 N–H and O–H groups in total. The van der Waals surface area contributed by atoms with Crippen LogP contribution in [0, 0.1) is 23.5 Å². The van der Waals surface area contributed by atoms with Gasteiger partial charge in [0.1, 0.15) is 59.1 Å². The summed E-state index contributed by atoms with van der Waals surface area (Å²) in [5.41, 5.74) is 2.81. The molecular weight excluding hydrogens is 1470 g/mol. The van der Waals surface area contributed by atoms with Gasteiger partial charge in [0.25, 0.3) is 5.91 Å². The third-order valence-corrected chi connectivity index (χ3v) is 27.7. The minimum atomic E-state index is -3.99. The number of ether oxygens (including phenoxy) is 2. The van der Waals surface area contributed by atoms with E-state index in [-0.39, 0.29) is 99.3 Å². The van der Waals surface area contributed by atoms with Crippen LogP contribution < -0.4 is 31.1 Å². The molecule has 4 aromatic rings. The minimum Gasteiger partial charge on any atom is -0.479 e.